The molecular weight excluding hydrogens is 164 g/mol. The predicted octanol–water partition coefficient (Wildman–Crippen LogP) is 0.998. The highest BCUT2D eigenvalue weighted by molar-refractivity contribution is 5.51. The number of aromatic amines is 1. The number of nitrogens with one attached hydrogen (secondary N) is 1. The van der Waals surface area contributed by atoms with E-state index in [0.717, 1.165) is 5.65 Å². The Morgan fingerprint density at radius 1 is 1.62 bits per heavy atom. The minimum absolute atomic E-state index is 0.579. The van der Waals surface area contributed by atoms with E-state index in [4.69, 9.17) is 5.73 Å². The summed E-state index contributed by atoms with van der Waals surface area (Å²) in [6.45, 7) is 0.579. The molecule has 2 aromatic rings. The molecule has 0 aliphatic heterocycles. The quantitative estimate of drug-likeness (QED) is 0.717. The first-order valence-corrected chi connectivity index (χ1v) is 4.64. The van der Waals surface area contributed by atoms with Gasteiger partial charge in [0.25, 0.3) is 0 Å². The van der Waals surface area contributed by atoms with Gasteiger partial charge in [0.05, 0.1) is 0 Å². The molecule has 3 N–H and O–H groups in total. The van der Waals surface area contributed by atoms with Gasteiger partial charge >= 0.3 is 0 Å². The Kier molecular flexibility index (Phi) is 1.29. The van der Waals surface area contributed by atoms with Crippen molar-refractivity contribution in [1.82, 2.24) is 14.6 Å². The Balaban J connectivity index is 2.25. The molecule has 2 heterocycles. The third-order valence-corrected chi connectivity index (χ3v) is 2.67. The maximum absolute atomic E-state index is 5.71. The topological polar surface area (TPSA) is 59.1 Å². The zero-order chi connectivity index (χ0) is 8.84. The number of aromatic nitrogens is 3. The first-order valence-electron chi connectivity index (χ1n) is 4.64. The van der Waals surface area contributed by atoms with Crippen LogP contribution in [0.2, 0.25) is 0 Å². The summed E-state index contributed by atoms with van der Waals surface area (Å²) in [5.41, 5.74) is 9.19. The minimum Gasteiger partial charge on any atom is -0.326 e. The number of hydrogen-bond donors (Lipinski definition) is 2. The van der Waals surface area contributed by atoms with E-state index >= 15 is 0 Å². The van der Waals surface area contributed by atoms with Crippen molar-refractivity contribution in [2.45, 2.75) is 25.3 Å². The molecule has 3 rings (SSSR count). The van der Waals surface area contributed by atoms with Gasteiger partial charge in [-0.25, -0.2) is 9.50 Å². The van der Waals surface area contributed by atoms with E-state index in [-0.39, 0.29) is 0 Å². The molecule has 0 spiro atoms. The van der Waals surface area contributed by atoms with Crippen LogP contribution in [0.3, 0.4) is 0 Å². The van der Waals surface area contributed by atoms with Gasteiger partial charge in [-0.1, -0.05) is 0 Å². The van der Waals surface area contributed by atoms with Crippen molar-refractivity contribution < 1.29 is 0 Å². The largest absolute Gasteiger partial charge is 0.326 e. The number of fused-ring (bicyclic) bond motifs is 1. The van der Waals surface area contributed by atoms with Gasteiger partial charge in [0.1, 0.15) is 0 Å². The van der Waals surface area contributed by atoms with Gasteiger partial charge in [-0.3, -0.25) is 5.10 Å². The highest BCUT2D eigenvalue weighted by Crippen LogP contribution is 2.41. The molecular formula is C9H12N4. The molecule has 1 saturated carbocycles. The zero-order valence-corrected chi connectivity index (χ0v) is 7.33. The lowest BCUT2D eigenvalue weighted by molar-refractivity contribution is 0.887. The highest BCUT2D eigenvalue weighted by Gasteiger charge is 2.28. The van der Waals surface area contributed by atoms with Crippen LogP contribution in [0.25, 0.3) is 5.65 Å². The molecule has 0 aromatic carbocycles. The lowest BCUT2D eigenvalue weighted by atomic mass is 10.2. The Labute approximate surface area is 75.7 Å². The smallest absolute Gasteiger partial charge is 0.157 e. The molecule has 0 unspecified atom stereocenters. The van der Waals surface area contributed by atoms with E-state index in [1.54, 1.807) is 6.20 Å². The Morgan fingerprint density at radius 2 is 2.46 bits per heavy atom. The molecule has 0 atom stereocenters. The standard InChI is InChI=1S/C9H12N4/c10-5-7-8(6-1-2-6)12-13-4-3-11-9(7)13/h3-4,6,12H,1-2,5,10H2. The van der Waals surface area contributed by atoms with E-state index in [2.05, 4.69) is 10.1 Å². The minimum atomic E-state index is 0.579. The second-order valence-electron chi connectivity index (χ2n) is 3.60. The lowest BCUT2D eigenvalue weighted by Crippen LogP contribution is -1.99. The highest BCUT2D eigenvalue weighted by atomic mass is 15.3. The van der Waals surface area contributed by atoms with Gasteiger partial charge in [0.2, 0.25) is 0 Å². The lowest BCUT2D eigenvalue weighted by Gasteiger charge is -1.95. The second kappa shape index (κ2) is 2.35. The first-order chi connectivity index (χ1) is 6.40. The zero-order valence-electron chi connectivity index (χ0n) is 7.33. The van der Waals surface area contributed by atoms with Crippen LogP contribution in [0, 0.1) is 0 Å². The van der Waals surface area contributed by atoms with Crippen molar-refractivity contribution in [2.75, 3.05) is 0 Å². The number of imidazole rings is 1. The fourth-order valence-corrected chi connectivity index (χ4v) is 1.85. The summed E-state index contributed by atoms with van der Waals surface area (Å²) >= 11 is 0. The van der Waals surface area contributed by atoms with Crippen LogP contribution in [-0.4, -0.2) is 14.6 Å². The molecule has 1 fully saturated rings. The van der Waals surface area contributed by atoms with Crippen LogP contribution in [0.1, 0.15) is 30.0 Å². The SMILES string of the molecule is NCc1c(C2CC2)[nH]n2ccnc12. The fraction of sp³-hybridized carbons (Fsp3) is 0.444. The summed E-state index contributed by atoms with van der Waals surface area (Å²) < 4.78 is 1.95. The van der Waals surface area contributed by atoms with E-state index < -0.39 is 0 Å². The van der Waals surface area contributed by atoms with E-state index in [1.807, 2.05) is 10.7 Å². The Morgan fingerprint density at radius 3 is 3.15 bits per heavy atom. The van der Waals surface area contributed by atoms with Crippen molar-refractivity contribution in [1.29, 1.82) is 0 Å². The summed E-state index contributed by atoms with van der Waals surface area (Å²) in [6.07, 6.45) is 6.30. The van der Waals surface area contributed by atoms with Gasteiger partial charge in [-0.05, 0) is 12.8 Å². The van der Waals surface area contributed by atoms with Crippen LogP contribution in [0.15, 0.2) is 12.4 Å². The number of rotatable bonds is 2. The number of hydrogen-bond acceptors (Lipinski definition) is 2. The van der Waals surface area contributed by atoms with Gasteiger partial charge < -0.3 is 5.73 Å². The van der Waals surface area contributed by atoms with Crippen LogP contribution in [0.4, 0.5) is 0 Å². The molecule has 0 saturated heterocycles. The molecule has 68 valence electrons. The molecule has 0 radical (unpaired) electrons. The summed E-state index contributed by atoms with van der Waals surface area (Å²) in [5, 5.41) is 3.33. The Hall–Kier alpha value is -1.29. The third-order valence-electron chi connectivity index (χ3n) is 2.67. The van der Waals surface area contributed by atoms with E-state index in [0.29, 0.717) is 12.5 Å². The van der Waals surface area contributed by atoms with Crippen molar-refractivity contribution in [3.63, 3.8) is 0 Å². The predicted molar refractivity (Wildman–Crippen MR) is 49.4 cm³/mol. The molecule has 4 heteroatoms. The second-order valence-corrected chi connectivity index (χ2v) is 3.60. The van der Waals surface area contributed by atoms with Crippen LogP contribution >= 0.6 is 0 Å². The van der Waals surface area contributed by atoms with Gasteiger partial charge in [-0.15, -0.1) is 0 Å². The van der Waals surface area contributed by atoms with Gasteiger partial charge in [0.15, 0.2) is 5.65 Å². The van der Waals surface area contributed by atoms with Crippen LogP contribution in [0.5, 0.6) is 0 Å². The van der Waals surface area contributed by atoms with Crippen molar-refractivity contribution in [3.05, 3.63) is 23.7 Å². The summed E-state index contributed by atoms with van der Waals surface area (Å²) in [7, 11) is 0. The first kappa shape index (κ1) is 7.15. The van der Waals surface area contributed by atoms with E-state index in [1.165, 1.54) is 24.1 Å². The summed E-state index contributed by atoms with van der Waals surface area (Å²) in [4.78, 5) is 4.27. The van der Waals surface area contributed by atoms with Gasteiger partial charge in [0, 0.05) is 36.1 Å². The molecule has 1 aliphatic carbocycles. The average molecular weight is 176 g/mol. The number of H-pyrrole nitrogens is 1. The molecule has 0 bridgehead atoms. The van der Waals surface area contributed by atoms with Crippen LogP contribution in [-0.2, 0) is 6.54 Å². The van der Waals surface area contributed by atoms with Crippen molar-refractivity contribution in [3.8, 4) is 0 Å². The summed E-state index contributed by atoms with van der Waals surface area (Å²) in [6, 6.07) is 0. The fourth-order valence-electron chi connectivity index (χ4n) is 1.85. The molecule has 13 heavy (non-hydrogen) atoms. The van der Waals surface area contributed by atoms with E-state index in [9.17, 15) is 0 Å². The summed E-state index contributed by atoms with van der Waals surface area (Å²) in [5.74, 6) is 0.709. The normalized spacial score (nSPS) is 17.0. The number of nitrogens with two attached hydrogens (primary N) is 1. The maximum atomic E-state index is 5.71. The Bertz CT molecular complexity index is 435. The molecule has 1 aliphatic rings. The monoisotopic (exact) mass is 176 g/mol. The number of nitrogens with zero attached hydrogens (tertiary/aromatic N) is 2. The van der Waals surface area contributed by atoms with Gasteiger partial charge in [-0.2, -0.15) is 0 Å². The van der Waals surface area contributed by atoms with Crippen molar-refractivity contribution >= 4 is 5.65 Å². The maximum Gasteiger partial charge on any atom is 0.157 e. The molecule has 4 nitrogen and oxygen atoms in total. The third kappa shape index (κ3) is 0.920. The van der Waals surface area contributed by atoms with Crippen LogP contribution < -0.4 is 5.73 Å². The van der Waals surface area contributed by atoms with Crippen molar-refractivity contribution in [2.24, 2.45) is 5.73 Å². The molecule has 0 amide bonds. The average Bonchev–Trinajstić information content (AvgIpc) is 2.76. The molecule has 2 aromatic heterocycles.